The van der Waals surface area contributed by atoms with Crippen LogP contribution >= 0.6 is 0 Å². The molecule has 3 rings (SSSR count). The van der Waals surface area contributed by atoms with E-state index < -0.39 is 0 Å². The number of benzene rings is 1. The first-order valence-corrected chi connectivity index (χ1v) is 6.52. The van der Waals surface area contributed by atoms with Gasteiger partial charge in [-0.15, -0.1) is 0 Å². The Balaban J connectivity index is 1.98. The van der Waals surface area contributed by atoms with Gasteiger partial charge >= 0.3 is 0 Å². The van der Waals surface area contributed by atoms with Crippen LogP contribution in [0.4, 0.5) is 0 Å². The highest BCUT2D eigenvalue weighted by atomic mass is 16.5. The molecule has 0 N–H and O–H groups in total. The summed E-state index contributed by atoms with van der Waals surface area (Å²) in [7, 11) is 0. The van der Waals surface area contributed by atoms with Gasteiger partial charge in [0.15, 0.2) is 0 Å². The highest BCUT2D eigenvalue weighted by molar-refractivity contribution is 5.48. The predicted molar refractivity (Wildman–Crippen MR) is 72.3 cm³/mol. The smallest absolute Gasteiger partial charge is 0.222 e. The molecule has 0 amide bonds. The molecule has 1 aromatic carbocycles. The van der Waals surface area contributed by atoms with E-state index in [1.807, 2.05) is 6.07 Å². The Bertz CT molecular complexity index is 577. The summed E-state index contributed by atoms with van der Waals surface area (Å²) in [4.78, 5) is 4.27. The van der Waals surface area contributed by atoms with Crippen LogP contribution in [0, 0.1) is 0 Å². The molecule has 2 heterocycles. The van der Waals surface area contributed by atoms with Gasteiger partial charge in [0.2, 0.25) is 5.88 Å². The van der Waals surface area contributed by atoms with Crippen molar-refractivity contribution in [3.8, 4) is 11.6 Å². The maximum atomic E-state index is 5.83. The van der Waals surface area contributed by atoms with Gasteiger partial charge in [0, 0.05) is 18.2 Å². The quantitative estimate of drug-likeness (QED) is 0.665. The largest absolute Gasteiger partial charge is 0.438 e. The fraction of sp³-hybridized carbons (Fsp3) is 0.312. The molecule has 92 valence electrons. The molecule has 0 aliphatic carbocycles. The number of aromatic nitrogens is 1. The molecule has 0 fully saturated rings. The van der Waals surface area contributed by atoms with E-state index in [0.29, 0.717) is 5.92 Å². The summed E-state index contributed by atoms with van der Waals surface area (Å²) < 4.78 is 5.83. The Morgan fingerprint density at radius 3 is 3.00 bits per heavy atom. The molecule has 1 aliphatic heterocycles. The lowest BCUT2D eigenvalue weighted by Crippen LogP contribution is -2.05. The molecule has 1 aliphatic rings. The monoisotopic (exact) mass is 239 g/mol. The van der Waals surface area contributed by atoms with Crippen LogP contribution in [-0.4, -0.2) is 4.98 Å². The first-order chi connectivity index (χ1) is 8.78. The van der Waals surface area contributed by atoms with Gasteiger partial charge in [-0.1, -0.05) is 32.0 Å². The summed E-state index contributed by atoms with van der Waals surface area (Å²) in [5.41, 5.74) is 3.84. The second kappa shape index (κ2) is 4.45. The number of fused-ring (bicyclic) bond motifs is 2. The van der Waals surface area contributed by atoms with E-state index >= 15 is 0 Å². The third-order valence-corrected chi connectivity index (χ3v) is 3.70. The van der Waals surface area contributed by atoms with E-state index in [9.17, 15) is 0 Å². The van der Waals surface area contributed by atoms with E-state index in [1.54, 1.807) is 6.20 Å². The Labute approximate surface area is 108 Å². The van der Waals surface area contributed by atoms with Gasteiger partial charge < -0.3 is 4.74 Å². The van der Waals surface area contributed by atoms with E-state index in [2.05, 4.69) is 43.1 Å². The predicted octanol–water partition coefficient (Wildman–Crippen LogP) is 4.29. The molecular formula is C16H17NO. The van der Waals surface area contributed by atoms with Crippen molar-refractivity contribution in [2.45, 2.75) is 32.6 Å². The summed E-state index contributed by atoms with van der Waals surface area (Å²) in [6, 6.07) is 10.6. The van der Waals surface area contributed by atoms with Gasteiger partial charge in [-0.3, -0.25) is 0 Å². The Kier molecular flexibility index (Phi) is 2.78. The van der Waals surface area contributed by atoms with Crippen molar-refractivity contribution in [3.63, 3.8) is 0 Å². The van der Waals surface area contributed by atoms with E-state index in [1.165, 1.54) is 16.7 Å². The number of hydrogen-bond donors (Lipinski definition) is 0. The first-order valence-electron chi connectivity index (χ1n) is 6.52. The topological polar surface area (TPSA) is 22.1 Å². The third kappa shape index (κ3) is 1.88. The Morgan fingerprint density at radius 2 is 2.17 bits per heavy atom. The molecule has 2 nitrogen and oxygen atoms in total. The van der Waals surface area contributed by atoms with E-state index in [4.69, 9.17) is 4.74 Å². The fourth-order valence-electron chi connectivity index (χ4n) is 2.34. The second-order valence-corrected chi connectivity index (χ2v) is 4.92. The lowest BCUT2D eigenvalue weighted by molar-refractivity contribution is 0.440. The number of hydrogen-bond acceptors (Lipinski definition) is 2. The SMILES string of the molecule is CCC(C)c1ccc2c(c1)Cc1cccnc1O2. The zero-order valence-corrected chi connectivity index (χ0v) is 10.8. The van der Waals surface area contributed by atoms with E-state index in [-0.39, 0.29) is 0 Å². The molecule has 0 bridgehead atoms. The molecule has 0 radical (unpaired) electrons. The van der Waals surface area contributed by atoms with Crippen molar-refractivity contribution >= 4 is 0 Å². The van der Waals surface area contributed by atoms with Crippen LogP contribution in [-0.2, 0) is 6.42 Å². The van der Waals surface area contributed by atoms with Crippen LogP contribution in [0.25, 0.3) is 0 Å². The standard InChI is InChI=1S/C16H17NO/c1-3-11(2)12-6-7-15-14(9-12)10-13-5-4-8-17-16(13)18-15/h4-9,11H,3,10H2,1-2H3. The van der Waals surface area contributed by atoms with Gasteiger partial charge in [0.1, 0.15) is 5.75 Å². The maximum Gasteiger partial charge on any atom is 0.222 e. The minimum atomic E-state index is 0.602. The average molecular weight is 239 g/mol. The van der Waals surface area contributed by atoms with E-state index in [0.717, 1.165) is 24.5 Å². The third-order valence-electron chi connectivity index (χ3n) is 3.70. The lowest BCUT2D eigenvalue weighted by atomic mass is 9.93. The van der Waals surface area contributed by atoms with Gasteiger partial charge in [0.05, 0.1) is 0 Å². The molecule has 1 atom stereocenters. The molecule has 0 spiro atoms. The lowest BCUT2D eigenvalue weighted by Gasteiger charge is -2.20. The Morgan fingerprint density at radius 1 is 1.28 bits per heavy atom. The van der Waals surface area contributed by atoms with Gasteiger partial charge in [-0.2, -0.15) is 0 Å². The normalized spacial score (nSPS) is 14.3. The van der Waals surface area contributed by atoms with Crippen LogP contribution in [0.3, 0.4) is 0 Å². The van der Waals surface area contributed by atoms with Crippen LogP contribution < -0.4 is 4.74 Å². The number of pyridine rings is 1. The van der Waals surface area contributed by atoms with Crippen LogP contribution in [0.5, 0.6) is 11.6 Å². The van der Waals surface area contributed by atoms with Crippen LogP contribution in [0.15, 0.2) is 36.5 Å². The second-order valence-electron chi connectivity index (χ2n) is 4.92. The van der Waals surface area contributed by atoms with Crippen LogP contribution in [0.2, 0.25) is 0 Å². The molecule has 0 saturated carbocycles. The minimum Gasteiger partial charge on any atom is -0.438 e. The average Bonchev–Trinajstić information content (AvgIpc) is 2.43. The van der Waals surface area contributed by atoms with Crippen molar-refractivity contribution in [1.29, 1.82) is 0 Å². The molecular weight excluding hydrogens is 222 g/mol. The molecule has 0 saturated heterocycles. The highest BCUT2D eigenvalue weighted by Gasteiger charge is 2.18. The molecule has 1 unspecified atom stereocenters. The number of ether oxygens (including phenoxy) is 1. The minimum absolute atomic E-state index is 0.602. The Hall–Kier alpha value is -1.83. The van der Waals surface area contributed by atoms with Crippen molar-refractivity contribution in [1.82, 2.24) is 4.98 Å². The molecule has 2 aromatic rings. The zero-order valence-electron chi connectivity index (χ0n) is 10.8. The molecule has 1 aromatic heterocycles. The highest BCUT2D eigenvalue weighted by Crippen LogP contribution is 2.36. The van der Waals surface area contributed by atoms with Crippen molar-refractivity contribution in [3.05, 3.63) is 53.2 Å². The maximum absolute atomic E-state index is 5.83. The van der Waals surface area contributed by atoms with Gasteiger partial charge in [-0.25, -0.2) is 4.98 Å². The summed E-state index contributed by atoms with van der Waals surface area (Å²) in [6.45, 7) is 4.49. The summed E-state index contributed by atoms with van der Waals surface area (Å²) in [5, 5.41) is 0. The number of nitrogens with zero attached hydrogens (tertiary/aromatic N) is 1. The van der Waals surface area contributed by atoms with Crippen LogP contribution in [0.1, 0.15) is 42.9 Å². The summed E-state index contributed by atoms with van der Waals surface area (Å²) in [6.07, 6.45) is 3.86. The van der Waals surface area contributed by atoms with Gasteiger partial charge in [0.25, 0.3) is 0 Å². The first kappa shape index (κ1) is 11.3. The molecule has 2 heteroatoms. The van der Waals surface area contributed by atoms with Crippen molar-refractivity contribution in [2.75, 3.05) is 0 Å². The molecule has 18 heavy (non-hydrogen) atoms. The summed E-state index contributed by atoms with van der Waals surface area (Å²) in [5.74, 6) is 2.31. The van der Waals surface area contributed by atoms with Gasteiger partial charge in [-0.05, 0) is 35.6 Å². The zero-order chi connectivity index (χ0) is 12.5. The summed E-state index contributed by atoms with van der Waals surface area (Å²) >= 11 is 0. The fourth-order valence-corrected chi connectivity index (χ4v) is 2.34. The number of rotatable bonds is 2. The van der Waals surface area contributed by atoms with Crippen molar-refractivity contribution in [2.24, 2.45) is 0 Å². The van der Waals surface area contributed by atoms with Crippen molar-refractivity contribution < 1.29 is 4.74 Å².